The van der Waals surface area contributed by atoms with Crippen LogP contribution in [0.15, 0.2) is 0 Å². The minimum atomic E-state index is -0.270. The van der Waals surface area contributed by atoms with Crippen molar-refractivity contribution < 1.29 is 9.59 Å². The van der Waals surface area contributed by atoms with Crippen molar-refractivity contribution in [1.82, 2.24) is 10.2 Å². The molecule has 0 aromatic rings. The topological polar surface area (TPSA) is 75.4 Å². The van der Waals surface area contributed by atoms with E-state index in [0.717, 1.165) is 57.1 Å². The van der Waals surface area contributed by atoms with Gasteiger partial charge in [-0.2, -0.15) is 0 Å². The van der Waals surface area contributed by atoms with Gasteiger partial charge in [0.05, 0.1) is 5.88 Å². The summed E-state index contributed by atoms with van der Waals surface area (Å²) < 4.78 is 0. The van der Waals surface area contributed by atoms with Crippen molar-refractivity contribution in [2.45, 2.75) is 69.5 Å². The molecule has 3 rings (SSSR count). The molecule has 0 bridgehead atoms. The molecule has 124 valence electrons. The molecule has 1 aliphatic heterocycles. The first-order valence-corrected chi connectivity index (χ1v) is 9.75. The van der Waals surface area contributed by atoms with E-state index in [1.165, 1.54) is 0 Å². The Morgan fingerprint density at radius 1 is 1.05 bits per heavy atom. The van der Waals surface area contributed by atoms with Gasteiger partial charge in [0.1, 0.15) is 6.04 Å². The van der Waals surface area contributed by atoms with Gasteiger partial charge in [-0.15, -0.1) is 11.8 Å². The van der Waals surface area contributed by atoms with Crippen LogP contribution in [0.4, 0.5) is 0 Å². The lowest BCUT2D eigenvalue weighted by Crippen LogP contribution is -2.52. The molecule has 1 atom stereocenters. The van der Waals surface area contributed by atoms with Crippen molar-refractivity contribution in [3.8, 4) is 0 Å². The summed E-state index contributed by atoms with van der Waals surface area (Å²) in [6, 6.07) is 0.255. The van der Waals surface area contributed by atoms with Gasteiger partial charge >= 0.3 is 0 Å². The maximum atomic E-state index is 12.6. The zero-order chi connectivity index (χ0) is 15.5. The fraction of sp³-hybridized carbons (Fsp3) is 0.875. The van der Waals surface area contributed by atoms with Crippen LogP contribution in [0.1, 0.15) is 51.4 Å². The molecule has 2 saturated carbocycles. The van der Waals surface area contributed by atoms with Crippen LogP contribution in [0.3, 0.4) is 0 Å². The Morgan fingerprint density at radius 2 is 1.73 bits per heavy atom. The van der Waals surface area contributed by atoms with E-state index < -0.39 is 0 Å². The summed E-state index contributed by atoms with van der Waals surface area (Å²) in [6.45, 7) is 0. The van der Waals surface area contributed by atoms with Crippen LogP contribution in [0.2, 0.25) is 0 Å². The molecule has 3 aliphatic rings. The number of thioether (sulfide) groups is 1. The zero-order valence-corrected chi connectivity index (χ0v) is 13.9. The van der Waals surface area contributed by atoms with Crippen molar-refractivity contribution >= 4 is 23.6 Å². The van der Waals surface area contributed by atoms with Crippen molar-refractivity contribution in [1.29, 1.82) is 0 Å². The standard InChI is InChI=1S/C16H27N3O2S/c17-12-5-7-13(8-6-12)18-15(20)14-9-22-10-19(14)16(21)11-3-1-2-4-11/h11-14H,1-10,17H2,(H,18,20). The number of nitrogens with one attached hydrogen (secondary N) is 1. The van der Waals surface area contributed by atoms with Gasteiger partial charge in [-0.1, -0.05) is 12.8 Å². The van der Waals surface area contributed by atoms with E-state index in [1.54, 1.807) is 11.8 Å². The Labute approximate surface area is 136 Å². The van der Waals surface area contributed by atoms with Crippen LogP contribution in [-0.4, -0.2) is 46.5 Å². The molecule has 3 N–H and O–H groups in total. The predicted octanol–water partition coefficient (Wildman–Crippen LogP) is 1.46. The first-order valence-electron chi connectivity index (χ1n) is 8.59. The number of hydrogen-bond donors (Lipinski definition) is 2. The van der Waals surface area contributed by atoms with E-state index in [2.05, 4.69) is 5.32 Å². The highest BCUT2D eigenvalue weighted by atomic mass is 32.2. The first-order chi connectivity index (χ1) is 10.6. The normalized spacial score (nSPS) is 33.1. The zero-order valence-electron chi connectivity index (χ0n) is 13.1. The largest absolute Gasteiger partial charge is 0.352 e. The molecule has 1 unspecified atom stereocenters. The van der Waals surface area contributed by atoms with Crippen molar-refractivity contribution in [2.75, 3.05) is 11.6 Å². The molecular weight excluding hydrogens is 298 g/mol. The highest BCUT2D eigenvalue weighted by Crippen LogP contribution is 2.31. The Morgan fingerprint density at radius 3 is 2.41 bits per heavy atom. The van der Waals surface area contributed by atoms with Gasteiger partial charge in [0.15, 0.2) is 0 Å². The second kappa shape index (κ2) is 7.21. The molecule has 0 aromatic carbocycles. The number of amides is 2. The van der Waals surface area contributed by atoms with Gasteiger partial charge in [-0.3, -0.25) is 9.59 Å². The van der Waals surface area contributed by atoms with Gasteiger partial charge in [0.25, 0.3) is 0 Å². The minimum Gasteiger partial charge on any atom is -0.352 e. The third-order valence-electron chi connectivity index (χ3n) is 5.29. The maximum absolute atomic E-state index is 12.6. The molecule has 0 radical (unpaired) electrons. The molecule has 2 aliphatic carbocycles. The fourth-order valence-corrected chi connectivity index (χ4v) is 5.01. The molecule has 3 fully saturated rings. The van der Waals surface area contributed by atoms with Crippen LogP contribution in [-0.2, 0) is 9.59 Å². The average molecular weight is 325 g/mol. The molecule has 6 heteroatoms. The van der Waals surface area contributed by atoms with E-state index in [4.69, 9.17) is 5.73 Å². The average Bonchev–Trinajstić information content (AvgIpc) is 3.20. The smallest absolute Gasteiger partial charge is 0.243 e. The van der Waals surface area contributed by atoms with Gasteiger partial charge < -0.3 is 16.0 Å². The quantitative estimate of drug-likeness (QED) is 0.824. The molecular formula is C16H27N3O2S. The molecule has 1 heterocycles. The van der Waals surface area contributed by atoms with Crippen molar-refractivity contribution in [3.63, 3.8) is 0 Å². The van der Waals surface area contributed by atoms with Crippen LogP contribution < -0.4 is 11.1 Å². The highest BCUT2D eigenvalue weighted by Gasteiger charge is 2.38. The minimum absolute atomic E-state index is 0.0387. The summed E-state index contributed by atoms with van der Waals surface area (Å²) >= 11 is 1.69. The number of rotatable bonds is 3. The summed E-state index contributed by atoms with van der Waals surface area (Å²) in [5.74, 6) is 1.80. The number of nitrogens with zero attached hydrogens (tertiary/aromatic N) is 1. The van der Waals surface area contributed by atoms with Gasteiger partial charge in [-0.05, 0) is 38.5 Å². The van der Waals surface area contributed by atoms with Crippen LogP contribution >= 0.6 is 11.8 Å². The third-order valence-corrected chi connectivity index (χ3v) is 6.30. The summed E-state index contributed by atoms with van der Waals surface area (Å²) in [5, 5.41) is 3.16. The number of nitrogens with two attached hydrogens (primary N) is 1. The van der Waals surface area contributed by atoms with Crippen molar-refractivity contribution in [3.05, 3.63) is 0 Å². The molecule has 2 amide bonds. The summed E-state index contributed by atoms with van der Waals surface area (Å²) in [4.78, 5) is 27.0. The fourth-order valence-electron chi connectivity index (χ4n) is 3.85. The van der Waals surface area contributed by atoms with Crippen LogP contribution in [0.5, 0.6) is 0 Å². The van der Waals surface area contributed by atoms with Crippen LogP contribution in [0, 0.1) is 5.92 Å². The Bertz CT molecular complexity index is 418. The summed E-state index contributed by atoms with van der Waals surface area (Å²) in [5.41, 5.74) is 5.91. The first kappa shape index (κ1) is 16.1. The van der Waals surface area contributed by atoms with Gasteiger partial charge in [0.2, 0.25) is 11.8 Å². The van der Waals surface area contributed by atoms with Crippen molar-refractivity contribution in [2.24, 2.45) is 11.7 Å². The van der Waals surface area contributed by atoms with Crippen LogP contribution in [0.25, 0.3) is 0 Å². The number of carbonyl (C=O) groups excluding carboxylic acids is 2. The lowest BCUT2D eigenvalue weighted by molar-refractivity contribution is -0.141. The van der Waals surface area contributed by atoms with E-state index in [1.807, 2.05) is 4.90 Å². The van der Waals surface area contributed by atoms with E-state index >= 15 is 0 Å². The Kier molecular flexibility index (Phi) is 5.29. The SMILES string of the molecule is NC1CCC(NC(=O)C2CSCN2C(=O)C2CCCC2)CC1. The van der Waals surface area contributed by atoms with E-state index in [0.29, 0.717) is 5.88 Å². The Balaban J connectivity index is 1.55. The van der Waals surface area contributed by atoms with E-state index in [9.17, 15) is 9.59 Å². The molecule has 1 saturated heterocycles. The third kappa shape index (κ3) is 3.59. The van der Waals surface area contributed by atoms with Gasteiger partial charge in [-0.25, -0.2) is 0 Å². The second-order valence-electron chi connectivity index (χ2n) is 6.93. The Hall–Kier alpha value is -0.750. The molecule has 0 aromatic heterocycles. The lowest BCUT2D eigenvalue weighted by Gasteiger charge is -2.30. The second-order valence-corrected chi connectivity index (χ2v) is 7.93. The lowest BCUT2D eigenvalue weighted by atomic mass is 9.91. The summed E-state index contributed by atoms with van der Waals surface area (Å²) in [7, 11) is 0. The monoisotopic (exact) mass is 325 g/mol. The number of carbonyl (C=O) groups is 2. The number of hydrogen-bond acceptors (Lipinski definition) is 4. The van der Waals surface area contributed by atoms with E-state index in [-0.39, 0.29) is 35.9 Å². The molecule has 22 heavy (non-hydrogen) atoms. The van der Waals surface area contributed by atoms with Gasteiger partial charge in [0, 0.05) is 23.8 Å². The maximum Gasteiger partial charge on any atom is 0.243 e. The predicted molar refractivity (Wildman–Crippen MR) is 88.3 cm³/mol. The highest BCUT2D eigenvalue weighted by molar-refractivity contribution is 7.99. The molecule has 5 nitrogen and oxygen atoms in total. The molecule has 0 spiro atoms. The summed E-state index contributed by atoms with van der Waals surface area (Å²) in [6.07, 6.45) is 8.17.